The van der Waals surface area contributed by atoms with Gasteiger partial charge in [-0.25, -0.2) is 9.37 Å². The maximum atomic E-state index is 13.6. The average Bonchev–Trinajstić information content (AvgIpc) is 2.68. The second kappa shape index (κ2) is 5.37. The van der Waals surface area contributed by atoms with Gasteiger partial charge in [-0.3, -0.25) is 0 Å². The maximum Gasteiger partial charge on any atom is 0.165 e. The van der Waals surface area contributed by atoms with Gasteiger partial charge in [0.05, 0.1) is 12.8 Å². The van der Waals surface area contributed by atoms with E-state index < -0.39 is 5.82 Å². The maximum absolute atomic E-state index is 13.6. The molecule has 1 aromatic carbocycles. The Balaban J connectivity index is 2.18. The first-order chi connectivity index (χ1) is 8.63. The molecule has 0 unspecified atom stereocenters. The Kier molecular flexibility index (Phi) is 3.84. The van der Waals surface area contributed by atoms with Gasteiger partial charge in [-0.15, -0.1) is 0 Å². The molecule has 0 radical (unpaired) electrons. The normalized spacial score (nSPS) is 10.7. The molecule has 0 aliphatic rings. The minimum atomic E-state index is -0.512. The van der Waals surface area contributed by atoms with Gasteiger partial charge in [-0.05, 0) is 6.07 Å². The number of aromatic nitrogens is 2. The lowest BCUT2D eigenvalue weighted by Gasteiger charge is -2.10. The lowest BCUT2D eigenvalue weighted by Crippen LogP contribution is -2.06. The molecule has 0 aliphatic carbocycles. The fraction of sp³-hybridized carbons (Fsp3) is 0.250. The topological polar surface area (TPSA) is 47.3 Å². The van der Waals surface area contributed by atoms with Crippen LogP contribution in [0.3, 0.4) is 0 Å². The van der Waals surface area contributed by atoms with Crippen LogP contribution in [0.25, 0.3) is 0 Å². The molecule has 0 saturated heterocycles. The van der Waals surface area contributed by atoms with Gasteiger partial charge in [0.15, 0.2) is 11.6 Å². The van der Waals surface area contributed by atoms with E-state index in [9.17, 15) is 4.39 Å². The van der Waals surface area contributed by atoms with E-state index in [1.54, 1.807) is 17.7 Å². The molecule has 0 aliphatic heterocycles. The monoisotopic (exact) mass is 270 g/mol. The van der Waals surface area contributed by atoms with Gasteiger partial charge < -0.3 is 14.4 Å². The minimum absolute atomic E-state index is 0.0409. The third kappa shape index (κ3) is 2.47. The summed E-state index contributed by atoms with van der Waals surface area (Å²) in [5.74, 6) is 0.105. The first-order valence-electron chi connectivity index (χ1n) is 5.30. The van der Waals surface area contributed by atoms with Crippen molar-refractivity contribution in [2.45, 2.75) is 13.2 Å². The Bertz CT molecular complexity index is 557. The van der Waals surface area contributed by atoms with Crippen LogP contribution < -0.4 is 4.74 Å². The molecule has 18 heavy (non-hydrogen) atoms. The fourth-order valence-electron chi connectivity index (χ4n) is 1.53. The molecular weight excluding hydrogens is 259 g/mol. The van der Waals surface area contributed by atoms with Crippen LogP contribution in [0.1, 0.15) is 11.4 Å². The van der Waals surface area contributed by atoms with Crippen molar-refractivity contribution >= 4 is 11.6 Å². The number of imidazole rings is 1. The molecule has 1 heterocycles. The van der Waals surface area contributed by atoms with E-state index in [1.165, 1.54) is 18.3 Å². The molecule has 2 aromatic rings. The van der Waals surface area contributed by atoms with Crippen LogP contribution in [0.15, 0.2) is 24.4 Å². The summed E-state index contributed by atoms with van der Waals surface area (Å²) < 4.78 is 20.6. The zero-order valence-electron chi connectivity index (χ0n) is 9.73. The van der Waals surface area contributed by atoms with Crippen molar-refractivity contribution in [3.05, 3.63) is 46.8 Å². The van der Waals surface area contributed by atoms with Crippen LogP contribution in [-0.4, -0.2) is 14.7 Å². The smallest absolute Gasteiger partial charge is 0.165 e. The van der Waals surface area contributed by atoms with Crippen LogP contribution in [-0.2, 0) is 20.3 Å². The molecule has 6 heteroatoms. The largest absolute Gasteiger partial charge is 0.482 e. The molecule has 2 rings (SSSR count). The third-order valence-corrected chi connectivity index (χ3v) is 2.94. The summed E-state index contributed by atoms with van der Waals surface area (Å²) in [6.45, 7) is -0.203. The third-order valence-electron chi connectivity index (χ3n) is 2.59. The lowest BCUT2D eigenvalue weighted by atomic mass is 10.2. The molecule has 0 bridgehead atoms. The van der Waals surface area contributed by atoms with Gasteiger partial charge in [-0.2, -0.15) is 0 Å². The Morgan fingerprint density at radius 1 is 1.50 bits per heavy atom. The number of nitrogens with zero attached hydrogens (tertiary/aromatic N) is 2. The number of ether oxygens (including phenoxy) is 1. The Hall–Kier alpha value is -1.59. The van der Waals surface area contributed by atoms with Gasteiger partial charge in [0.2, 0.25) is 0 Å². The van der Waals surface area contributed by atoms with Gasteiger partial charge >= 0.3 is 0 Å². The Morgan fingerprint density at radius 2 is 2.28 bits per heavy atom. The molecule has 0 spiro atoms. The molecule has 0 saturated carbocycles. The highest BCUT2D eigenvalue weighted by atomic mass is 35.5. The molecule has 0 fully saturated rings. The van der Waals surface area contributed by atoms with E-state index in [4.69, 9.17) is 21.4 Å². The number of hydrogen-bond acceptors (Lipinski definition) is 3. The summed E-state index contributed by atoms with van der Waals surface area (Å²) in [5, 5.41) is 9.59. The molecule has 1 N–H and O–H groups in total. The van der Waals surface area contributed by atoms with E-state index >= 15 is 0 Å². The number of benzene rings is 1. The van der Waals surface area contributed by atoms with Crippen LogP contribution in [0, 0.1) is 5.82 Å². The quantitative estimate of drug-likeness (QED) is 0.927. The summed E-state index contributed by atoms with van der Waals surface area (Å²) >= 11 is 5.83. The van der Waals surface area contributed by atoms with Crippen molar-refractivity contribution in [2.24, 2.45) is 7.05 Å². The van der Waals surface area contributed by atoms with Crippen molar-refractivity contribution in [3.8, 4) is 5.75 Å². The highest BCUT2D eigenvalue weighted by Gasteiger charge is 2.11. The molecule has 1 aromatic heterocycles. The molecule has 96 valence electrons. The molecule has 4 nitrogen and oxygen atoms in total. The number of aliphatic hydroxyl groups is 1. The zero-order chi connectivity index (χ0) is 13.1. The van der Waals surface area contributed by atoms with E-state index in [0.29, 0.717) is 16.5 Å². The predicted octanol–water partition coefficient (Wildman–Crippen LogP) is 2.28. The van der Waals surface area contributed by atoms with Crippen molar-refractivity contribution in [1.82, 2.24) is 9.55 Å². The molecule has 0 amide bonds. The van der Waals surface area contributed by atoms with E-state index in [2.05, 4.69) is 4.98 Å². The van der Waals surface area contributed by atoms with E-state index in [-0.39, 0.29) is 19.0 Å². The summed E-state index contributed by atoms with van der Waals surface area (Å²) in [5.41, 5.74) is 0.398. The summed E-state index contributed by atoms with van der Waals surface area (Å²) in [6, 6.07) is 4.40. The van der Waals surface area contributed by atoms with E-state index in [0.717, 1.165) is 0 Å². The van der Waals surface area contributed by atoms with Crippen LogP contribution >= 0.6 is 11.6 Å². The van der Waals surface area contributed by atoms with Crippen molar-refractivity contribution in [3.63, 3.8) is 0 Å². The summed E-state index contributed by atoms with van der Waals surface area (Å²) in [6.07, 6.45) is 1.49. The number of rotatable bonds is 4. The highest BCUT2D eigenvalue weighted by Crippen LogP contribution is 2.23. The summed E-state index contributed by atoms with van der Waals surface area (Å²) in [7, 11) is 1.74. The summed E-state index contributed by atoms with van der Waals surface area (Å²) in [4.78, 5) is 4.04. The number of aliphatic hydroxyl groups excluding tert-OH is 1. The predicted molar refractivity (Wildman–Crippen MR) is 64.9 cm³/mol. The lowest BCUT2D eigenvalue weighted by molar-refractivity contribution is 0.246. The number of halogens is 2. The Morgan fingerprint density at radius 3 is 2.89 bits per heavy atom. The Labute approximate surface area is 109 Å². The van der Waals surface area contributed by atoms with Crippen molar-refractivity contribution in [1.29, 1.82) is 0 Å². The second-order valence-corrected chi connectivity index (χ2v) is 4.12. The van der Waals surface area contributed by atoms with Crippen LogP contribution in [0.2, 0.25) is 5.15 Å². The molecule has 0 atom stereocenters. The standard InChI is InChI=1S/C12H12ClFN2O2/c1-16-10(13)5-15-11(16)7-18-12-8(6-17)3-2-4-9(12)14/h2-5,17H,6-7H2,1H3. The van der Waals surface area contributed by atoms with Crippen LogP contribution in [0.5, 0.6) is 5.75 Å². The van der Waals surface area contributed by atoms with Crippen LogP contribution in [0.4, 0.5) is 4.39 Å². The van der Waals surface area contributed by atoms with Gasteiger partial charge in [-0.1, -0.05) is 23.7 Å². The van der Waals surface area contributed by atoms with E-state index in [1.807, 2.05) is 0 Å². The number of para-hydroxylation sites is 1. The minimum Gasteiger partial charge on any atom is -0.482 e. The number of hydrogen-bond donors (Lipinski definition) is 1. The van der Waals surface area contributed by atoms with Crippen molar-refractivity contribution in [2.75, 3.05) is 0 Å². The SMILES string of the molecule is Cn1c(Cl)cnc1COc1c(F)cccc1CO. The first-order valence-corrected chi connectivity index (χ1v) is 5.68. The van der Waals surface area contributed by atoms with Gasteiger partial charge in [0, 0.05) is 12.6 Å². The highest BCUT2D eigenvalue weighted by molar-refractivity contribution is 6.29. The first kappa shape index (κ1) is 12.9. The van der Waals surface area contributed by atoms with Gasteiger partial charge in [0.1, 0.15) is 17.6 Å². The fourth-order valence-corrected chi connectivity index (χ4v) is 1.68. The molecular formula is C12H12ClFN2O2. The second-order valence-electron chi connectivity index (χ2n) is 3.73. The van der Waals surface area contributed by atoms with Crippen molar-refractivity contribution < 1.29 is 14.2 Å². The zero-order valence-corrected chi connectivity index (χ0v) is 10.5. The van der Waals surface area contributed by atoms with Gasteiger partial charge in [0.25, 0.3) is 0 Å². The average molecular weight is 271 g/mol.